The molecule has 2 amide bonds. The number of nitrogens with one attached hydrogen (secondary N) is 1. The van der Waals surface area contributed by atoms with E-state index in [4.69, 9.17) is 0 Å². The van der Waals surface area contributed by atoms with Crippen LogP contribution in [0.4, 0.5) is 14.5 Å². The number of rotatable bonds is 5. The summed E-state index contributed by atoms with van der Waals surface area (Å²) in [7, 11) is 0. The number of hydrogen-bond acceptors (Lipinski definition) is 3. The van der Waals surface area contributed by atoms with Crippen LogP contribution >= 0.6 is 0 Å². The monoisotopic (exact) mass is 344 g/mol. The van der Waals surface area contributed by atoms with Gasteiger partial charge in [0.1, 0.15) is 12.3 Å². The normalized spacial score (nSPS) is 13.2. The highest BCUT2D eigenvalue weighted by molar-refractivity contribution is 6.11. The molecule has 1 N–H and O–H groups in total. The van der Waals surface area contributed by atoms with E-state index in [1.165, 1.54) is 29.2 Å². The van der Waals surface area contributed by atoms with E-state index in [9.17, 15) is 18.4 Å². The Morgan fingerprint density at radius 2 is 1.76 bits per heavy atom. The maximum absolute atomic E-state index is 12.3. The summed E-state index contributed by atoms with van der Waals surface area (Å²) in [6.45, 7) is 0.763. The molecule has 0 spiro atoms. The van der Waals surface area contributed by atoms with E-state index in [1.807, 2.05) is 0 Å². The number of ether oxygens (including phenoxy) is 1. The number of halogens is 2. The quantitative estimate of drug-likeness (QED) is 0.905. The van der Waals surface area contributed by atoms with Gasteiger partial charge >= 0.3 is 6.61 Å². The molecule has 0 fully saturated rings. The molecule has 2 aromatic rings. The minimum atomic E-state index is -2.91. The lowest BCUT2D eigenvalue weighted by Gasteiger charge is -2.17. The van der Waals surface area contributed by atoms with Crippen molar-refractivity contribution < 1.29 is 23.1 Å². The number of nitrogens with zero attached hydrogens (tertiary/aromatic N) is 1. The second-order valence-electron chi connectivity index (χ2n) is 5.33. The fourth-order valence-corrected chi connectivity index (χ4v) is 2.57. The van der Waals surface area contributed by atoms with E-state index in [0.717, 1.165) is 0 Å². The molecular formula is C18H14F2N2O3. The molecule has 0 radical (unpaired) electrons. The number of carbonyl (C=O) groups excluding carboxylic acids is 2. The summed E-state index contributed by atoms with van der Waals surface area (Å²) in [6, 6.07) is 12.5. The first kappa shape index (κ1) is 16.6. The van der Waals surface area contributed by atoms with E-state index in [2.05, 4.69) is 16.6 Å². The van der Waals surface area contributed by atoms with Crippen molar-refractivity contribution in [3.63, 3.8) is 0 Å². The Morgan fingerprint density at radius 3 is 2.36 bits per heavy atom. The Hall–Kier alpha value is -3.22. The summed E-state index contributed by atoms with van der Waals surface area (Å²) in [6.07, 6.45) is 0. The largest absolute Gasteiger partial charge is 0.435 e. The van der Waals surface area contributed by atoms with Crippen molar-refractivity contribution in [3.05, 3.63) is 66.2 Å². The van der Waals surface area contributed by atoms with Gasteiger partial charge in [0.25, 0.3) is 5.91 Å². The number of benzene rings is 2. The van der Waals surface area contributed by atoms with Crippen LogP contribution in [0, 0.1) is 0 Å². The van der Waals surface area contributed by atoms with Crippen molar-refractivity contribution >= 4 is 23.2 Å². The Morgan fingerprint density at radius 1 is 1.12 bits per heavy atom. The minimum Gasteiger partial charge on any atom is -0.435 e. The first-order chi connectivity index (χ1) is 12.0. The van der Waals surface area contributed by atoms with E-state index < -0.39 is 12.5 Å². The van der Waals surface area contributed by atoms with Gasteiger partial charge in [0.15, 0.2) is 0 Å². The van der Waals surface area contributed by atoms with Gasteiger partial charge in [-0.05, 0) is 30.3 Å². The van der Waals surface area contributed by atoms with Gasteiger partial charge in [-0.2, -0.15) is 8.78 Å². The molecule has 128 valence electrons. The number of fused-ring (bicyclic) bond motifs is 1. The van der Waals surface area contributed by atoms with Crippen LogP contribution in [0.5, 0.6) is 5.75 Å². The average molecular weight is 344 g/mol. The van der Waals surface area contributed by atoms with Crippen molar-refractivity contribution in [1.29, 1.82) is 0 Å². The standard InChI is InChI=1S/C18H14F2N2O3/c1-11-14-4-2-3-5-15(14)17(24)22(11)10-16(23)21-12-6-8-13(9-7-12)25-18(19)20/h2-9,18H,1,10H2,(H,21,23). The fourth-order valence-electron chi connectivity index (χ4n) is 2.57. The predicted octanol–water partition coefficient (Wildman–Crippen LogP) is 3.35. The van der Waals surface area contributed by atoms with Gasteiger partial charge < -0.3 is 10.1 Å². The Bertz CT molecular complexity index is 799. The molecule has 0 atom stereocenters. The van der Waals surface area contributed by atoms with Gasteiger partial charge in [0, 0.05) is 22.5 Å². The van der Waals surface area contributed by atoms with Crippen molar-refractivity contribution in [2.45, 2.75) is 6.61 Å². The summed E-state index contributed by atoms with van der Waals surface area (Å²) in [4.78, 5) is 25.8. The average Bonchev–Trinajstić information content (AvgIpc) is 2.82. The molecule has 0 aliphatic carbocycles. The maximum Gasteiger partial charge on any atom is 0.387 e. The number of anilines is 1. The highest BCUT2D eigenvalue weighted by Gasteiger charge is 2.31. The number of hydrogen-bond donors (Lipinski definition) is 1. The molecule has 0 bridgehead atoms. The molecule has 0 unspecified atom stereocenters. The molecule has 3 rings (SSSR count). The third-order valence-electron chi connectivity index (χ3n) is 3.70. The van der Waals surface area contributed by atoms with Crippen molar-refractivity contribution in [1.82, 2.24) is 4.90 Å². The lowest BCUT2D eigenvalue weighted by molar-refractivity contribution is -0.116. The molecule has 1 heterocycles. The number of carbonyl (C=O) groups is 2. The van der Waals surface area contributed by atoms with Crippen LogP contribution in [0.2, 0.25) is 0 Å². The zero-order valence-corrected chi connectivity index (χ0v) is 13.0. The summed E-state index contributed by atoms with van der Waals surface area (Å²) in [5.41, 5.74) is 2.08. The van der Waals surface area contributed by atoms with Gasteiger partial charge in [-0.1, -0.05) is 24.8 Å². The van der Waals surface area contributed by atoms with Crippen LogP contribution in [-0.2, 0) is 4.79 Å². The van der Waals surface area contributed by atoms with E-state index in [1.54, 1.807) is 24.3 Å². The van der Waals surface area contributed by atoms with Crippen LogP contribution in [0.25, 0.3) is 5.70 Å². The second-order valence-corrected chi connectivity index (χ2v) is 5.33. The topological polar surface area (TPSA) is 58.6 Å². The van der Waals surface area contributed by atoms with Crippen LogP contribution < -0.4 is 10.1 Å². The van der Waals surface area contributed by atoms with Crippen LogP contribution in [0.1, 0.15) is 15.9 Å². The first-order valence-corrected chi connectivity index (χ1v) is 7.40. The lowest BCUT2D eigenvalue weighted by Crippen LogP contribution is -2.32. The van der Waals surface area contributed by atoms with Gasteiger partial charge in [0.05, 0.1) is 0 Å². The predicted molar refractivity (Wildman–Crippen MR) is 88.2 cm³/mol. The summed E-state index contributed by atoms with van der Waals surface area (Å²) < 4.78 is 28.4. The fraction of sp³-hybridized carbons (Fsp3) is 0.111. The molecule has 0 saturated heterocycles. The van der Waals surface area contributed by atoms with E-state index in [0.29, 0.717) is 22.5 Å². The highest BCUT2D eigenvalue weighted by Crippen LogP contribution is 2.30. The number of alkyl halides is 2. The summed E-state index contributed by atoms with van der Waals surface area (Å²) in [5.74, 6) is -0.715. The zero-order valence-electron chi connectivity index (χ0n) is 13.0. The molecule has 1 aliphatic rings. The van der Waals surface area contributed by atoms with Gasteiger partial charge in [0.2, 0.25) is 5.91 Å². The maximum atomic E-state index is 12.3. The molecule has 1 aliphatic heterocycles. The Balaban J connectivity index is 1.64. The Kier molecular flexibility index (Phi) is 4.47. The van der Waals surface area contributed by atoms with Crippen molar-refractivity contribution in [2.75, 3.05) is 11.9 Å². The van der Waals surface area contributed by atoms with Gasteiger partial charge in [-0.3, -0.25) is 14.5 Å². The van der Waals surface area contributed by atoms with Crippen molar-refractivity contribution in [3.8, 4) is 5.75 Å². The Labute approximate surface area is 142 Å². The third kappa shape index (κ3) is 3.50. The first-order valence-electron chi connectivity index (χ1n) is 7.40. The smallest absolute Gasteiger partial charge is 0.387 e. The highest BCUT2D eigenvalue weighted by atomic mass is 19.3. The number of amides is 2. The van der Waals surface area contributed by atoms with Gasteiger partial charge in [-0.25, -0.2) is 0 Å². The van der Waals surface area contributed by atoms with E-state index >= 15 is 0 Å². The molecule has 2 aromatic carbocycles. The molecule has 25 heavy (non-hydrogen) atoms. The SMILES string of the molecule is C=C1c2ccccc2C(=O)N1CC(=O)Nc1ccc(OC(F)F)cc1. The summed E-state index contributed by atoms with van der Waals surface area (Å²) in [5, 5.41) is 2.60. The van der Waals surface area contributed by atoms with Crippen LogP contribution in [-0.4, -0.2) is 29.9 Å². The molecular weight excluding hydrogens is 330 g/mol. The van der Waals surface area contributed by atoms with Gasteiger partial charge in [-0.15, -0.1) is 0 Å². The van der Waals surface area contributed by atoms with Crippen molar-refractivity contribution in [2.24, 2.45) is 0 Å². The third-order valence-corrected chi connectivity index (χ3v) is 3.70. The second kappa shape index (κ2) is 6.72. The minimum absolute atomic E-state index is 0.00783. The van der Waals surface area contributed by atoms with E-state index in [-0.39, 0.29) is 18.2 Å². The molecule has 7 heteroatoms. The lowest BCUT2D eigenvalue weighted by atomic mass is 10.1. The molecule has 0 aromatic heterocycles. The molecule has 5 nitrogen and oxygen atoms in total. The van der Waals surface area contributed by atoms with Crippen LogP contribution in [0.3, 0.4) is 0 Å². The molecule has 0 saturated carbocycles. The zero-order chi connectivity index (χ0) is 18.0. The van der Waals surface area contributed by atoms with Crippen LogP contribution in [0.15, 0.2) is 55.1 Å². The summed E-state index contributed by atoms with van der Waals surface area (Å²) >= 11 is 0.